The molecule has 0 rings (SSSR count). The maximum Gasteiger partial charge on any atom is 0.0448 e. The van der Waals surface area contributed by atoms with E-state index in [1.807, 2.05) is 6.92 Å². The van der Waals surface area contributed by atoms with E-state index in [0.29, 0.717) is 6.42 Å². The zero-order valence-corrected chi connectivity index (χ0v) is 5.93. The predicted molar refractivity (Wildman–Crippen MR) is 39.1 cm³/mol. The van der Waals surface area contributed by atoms with E-state index < -0.39 is 0 Å². The van der Waals surface area contributed by atoms with Gasteiger partial charge in [-0.05, 0) is 19.8 Å². The van der Waals surface area contributed by atoms with E-state index in [1.54, 1.807) is 6.08 Å². The number of nitrogens with two attached hydrogens (primary N) is 1. The minimum absolute atomic E-state index is 0.154. The van der Waals surface area contributed by atoms with Crippen LogP contribution >= 0.6 is 0 Å². The van der Waals surface area contributed by atoms with E-state index in [4.69, 9.17) is 10.8 Å². The third-order valence-electron chi connectivity index (χ3n) is 1.29. The number of rotatable bonds is 4. The largest absolute Gasteiger partial charge is 0.396 e. The number of hydrogen-bond acceptors (Lipinski definition) is 2. The predicted octanol–water partition coefficient (Wildman–Crippen LogP) is 0.662. The molecule has 0 aromatic carbocycles. The Morgan fingerprint density at radius 3 is 2.67 bits per heavy atom. The molecular weight excluding hydrogens is 114 g/mol. The van der Waals surface area contributed by atoms with Crippen LogP contribution in [-0.2, 0) is 0 Å². The summed E-state index contributed by atoms with van der Waals surface area (Å²) in [7, 11) is 0. The van der Waals surface area contributed by atoms with E-state index >= 15 is 0 Å². The van der Waals surface area contributed by atoms with Crippen LogP contribution in [0.15, 0.2) is 12.7 Å². The maximum atomic E-state index is 8.51. The van der Waals surface area contributed by atoms with Crippen molar-refractivity contribution in [1.82, 2.24) is 0 Å². The lowest BCUT2D eigenvalue weighted by atomic mass is 9.96. The molecule has 0 bridgehead atoms. The molecule has 1 atom stereocenters. The van der Waals surface area contributed by atoms with Crippen molar-refractivity contribution >= 4 is 0 Å². The van der Waals surface area contributed by atoms with Crippen molar-refractivity contribution in [3.05, 3.63) is 12.7 Å². The van der Waals surface area contributed by atoms with Gasteiger partial charge in [0.1, 0.15) is 0 Å². The van der Waals surface area contributed by atoms with Crippen LogP contribution in [-0.4, -0.2) is 17.3 Å². The Morgan fingerprint density at radius 2 is 2.33 bits per heavy atom. The topological polar surface area (TPSA) is 46.2 Å². The molecule has 0 aliphatic carbocycles. The second-order valence-corrected chi connectivity index (χ2v) is 2.62. The summed E-state index contributed by atoms with van der Waals surface area (Å²) in [5.74, 6) is 0. The monoisotopic (exact) mass is 129 g/mol. The third kappa shape index (κ3) is 4.18. The summed E-state index contributed by atoms with van der Waals surface area (Å²) in [4.78, 5) is 0. The standard InChI is InChI=1S/C7H15NO/c1-3-4-7(2,8)5-6-9/h3,9H,1,4-6,8H2,2H3/t7-/m0/s1. The zero-order chi connectivity index (χ0) is 7.33. The van der Waals surface area contributed by atoms with E-state index in [2.05, 4.69) is 6.58 Å². The molecule has 2 heteroatoms. The molecule has 3 N–H and O–H groups in total. The Labute approximate surface area is 56.4 Å². The molecule has 0 amide bonds. The Bertz CT molecular complexity index is 88.9. The second kappa shape index (κ2) is 3.64. The van der Waals surface area contributed by atoms with Crippen molar-refractivity contribution in [2.45, 2.75) is 25.3 Å². The first-order chi connectivity index (χ1) is 4.12. The fourth-order valence-corrected chi connectivity index (χ4v) is 0.687. The van der Waals surface area contributed by atoms with Crippen LogP contribution in [0.4, 0.5) is 0 Å². The first-order valence-corrected chi connectivity index (χ1v) is 3.13. The van der Waals surface area contributed by atoms with E-state index in [0.717, 1.165) is 6.42 Å². The highest BCUT2D eigenvalue weighted by atomic mass is 16.3. The maximum absolute atomic E-state index is 8.51. The van der Waals surface area contributed by atoms with Crippen molar-refractivity contribution in [2.75, 3.05) is 6.61 Å². The van der Waals surface area contributed by atoms with Crippen LogP contribution < -0.4 is 5.73 Å². The van der Waals surface area contributed by atoms with Crippen molar-refractivity contribution in [3.63, 3.8) is 0 Å². The summed E-state index contributed by atoms with van der Waals surface area (Å²) >= 11 is 0. The highest BCUT2D eigenvalue weighted by molar-refractivity contribution is 4.86. The van der Waals surface area contributed by atoms with Crippen molar-refractivity contribution in [3.8, 4) is 0 Å². The molecule has 54 valence electrons. The Kier molecular flexibility index (Phi) is 3.50. The highest BCUT2D eigenvalue weighted by Crippen LogP contribution is 2.09. The molecule has 0 fully saturated rings. The first kappa shape index (κ1) is 8.66. The van der Waals surface area contributed by atoms with Gasteiger partial charge in [0.2, 0.25) is 0 Å². The van der Waals surface area contributed by atoms with E-state index in [-0.39, 0.29) is 12.1 Å². The van der Waals surface area contributed by atoms with E-state index in [9.17, 15) is 0 Å². The van der Waals surface area contributed by atoms with Crippen LogP contribution in [0.5, 0.6) is 0 Å². The summed E-state index contributed by atoms with van der Waals surface area (Å²) in [6, 6.07) is 0. The molecular formula is C7H15NO. The number of aliphatic hydroxyl groups is 1. The number of hydrogen-bond donors (Lipinski definition) is 2. The van der Waals surface area contributed by atoms with Crippen molar-refractivity contribution in [1.29, 1.82) is 0 Å². The molecule has 0 aromatic rings. The minimum Gasteiger partial charge on any atom is -0.396 e. The third-order valence-corrected chi connectivity index (χ3v) is 1.29. The van der Waals surface area contributed by atoms with Gasteiger partial charge in [0.05, 0.1) is 0 Å². The fourth-order valence-electron chi connectivity index (χ4n) is 0.687. The second-order valence-electron chi connectivity index (χ2n) is 2.62. The Balaban J connectivity index is 3.55. The normalized spacial score (nSPS) is 16.8. The number of aliphatic hydroxyl groups excluding tert-OH is 1. The van der Waals surface area contributed by atoms with Crippen LogP contribution in [0.25, 0.3) is 0 Å². The molecule has 0 unspecified atom stereocenters. The van der Waals surface area contributed by atoms with Crippen molar-refractivity contribution < 1.29 is 5.11 Å². The molecule has 0 aliphatic heterocycles. The lowest BCUT2D eigenvalue weighted by molar-refractivity contribution is 0.247. The van der Waals surface area contributed by atoms with Crippen LogP contribution in [0.1, 0.15) is 19.8 Å². The zero-order valence-electron chi connectivity index (χ0n) is 5.93. The smallest absolute Gasteiger partial charge is 0.0448 e. The SMILES string of the molecule is C=CC[C@](C)(N)CCO. The molecule has 2 nitrogen and oxygen atoms in total. The highest BCUT2D eigenvalue weighted by Gasteiger charge is 2.14. The summed E-state index contributed by atoms with van der Waals surface area (Å²) in [5, 5.41) is 8.51. The summed E-state index contributed by atoms with van der Waals surface area (Å²) in [6.45, 7) is 5.63. The van der Waals surface area contributed by atoms with Crippen molar-refractivity contribution in [2.24, 2.45) is 5.73 Å². The van der Waals surface area contributed by atoms with Crippen LogP contribution in [0.3, 0.4) is 0 Å². The van der Waals surface area contributed by atoms with Gasteiger partial charge in [-0.25, -0.2) is 0 Å². The molecule has 0 heterocycles. The van der Waals surface area contributed by atoms with Gasteiger partial charge < -0.3 is 10.8 Å². The van der Waals surface area contributed by atoms with Gasteiger partial charge in [-0.15, -0.1) is 6.58 Å². The lowest BCUT2D eigenvalue weighted by Gasteiger charge is -2.20. The summed E-state index contributed by atoms with van der Waals surface area (Å²) in [6.07, 6.45) is 3.17. The van der Waals surface area contributed by atoms with Gasteiger partial charge >= 0.3 is 0 Å². The summed E-state index contributed by atoms with van der Waals surface area (Å²) in [5.41, 5.74) is 5.44. The van der Waals surface area contributed by atoms with E-state index in [1.165, 1.54) is 0 Å². The van der Waals surface area contributed by atoms with Crippen LogP contribution in [0, 0.1) is 0 Å². The molecule has 0 aromatic heterocycles. The molecule has 0 aliphatic rings. The van der Waals surface area contributed by atoms with Gasteiger partial charge in [-0.3, -0.25) is 0 Å². The molecule has 9 heavy (non-hydrogen) atoms. The van der Waals surface area contributed by atoms with Gasteiger partial charge in [-0.2, -0.15) is 0 Å². The molecule has 0 spiro atoms. The van der Waals surface area contributed by atoms with Gasteiger partial charge in [0.15, 0.2) is 0 Å². The molecule has 0 saturated carbocycles. The van der Waals surface area contributed by atoms with Crippen LogP contribution in [0.2, 0.25) is 0 Å². The fraction of sp³-hybridized carbons (Fsp3) is 0.714. The van der Waals surface area contributed by atoms with Gasteiger partial charge in [0, 0.05) is 12.1 Å². The first-order valence-electron chi connectivity index (χ1n) is 3.13. The summed E-state index contributed by atoms with van der Waals surface area (Å²) < 4.78 is 0. The Hall–Kier alpha value is -0.340. The average Bonchev–Trinajstić information content (AvgIpc) is 1.64. The van der Waals surface area contributed by atoms with Gasteiger partial charge in [-0.1, -0.05) is 6.08 Å². The molecule has 0 saturated heterocycles. The minimum atomic E-state index is -0.267. The quantitative estimate of drug-likeness (QED) is 0.548. The average molecular weight is 129 g/mol. The lowest BCUT2D eigenvalue weighted by Crippen LogP contribution is -2.36. The Morgan fingerprint density at radius 1 is 1.78 bits per heavy atom. The molecule has 0 radical (unpaired) electrons. The van der Waals surface area contributed by atoms with Gasteiger partial charge in [0.25, 0.3) is 0 Å².